The highest BCUT2D eigenvalue weighted by Crippen LogP contribution is 2.36. The van der Waals surface area contributed by atoms with Crippen molar-refractivity contribution in [2.75, 3.05) is 19.5 Å². The Morgan fingerprint density at radius 3 is 2.36 bits per heavy atom. The highest BCUT2D eigenvalue weighted by atomic mass is 16.5. The first-order valence-corrected chi connectivity index (χ1v) is 7.91. The SMILES string of the molecule is CCCCC(NC(=O)c1cc(NC(C)=O)c(OC)c(OC)c1)C(=O)O. The van der Waals surface area contributed by atoms with Gasteiger partial charge < -0.3 is 25.2 Å². The number of carbonyl (C=O) groups is 3. The van der Waals surface area contributed by atoms with Gasteiger partial charge in [-0.25, -0.2) is 4.79 Å². The number of aliphatic carboxylic acids is 1. The summed E-state index contributed by atoms with van der Waals surface area (Å²) in [6.07, 6.45) is 1.84. The summed E-state index contributed by atoms with van der Waals surface area (Å²) in [6, 6.07) is 1.86. The van der Waals surface area contributed by atoms with Gasteiger partial charge in [0.25, 0.3) is 5.91 Å². The molecule has 0 saturated carbocycles. The van der Waals surface area contributed by atoms with Gasteiger partial charge in [0.1, 0.15) is 6.04 Å². The summed E-state index contributed by atoms with van der Waals surface area (Å²) in [7, 11) is 2.81. The number of nitrogens with one attached hydrogen (secondary N) is 2. The van der Waals surface area contributed by atoms with Crippen LogP contribution in [-0.2, 0) is 9.59 Å². The molecule has 0 saturated heterocycles. The van der Waals surface area contributed by atoms with Gasteiger partial charge in [-0.1, -0.05) is 19.8 Å². The van der Waals surface area contributed by atoms with Crippen molar-refractivity contribution in [3.63, 3.8) is 0 Å². The van der Waals surface area contributed by atoms with Gasteiger partial charge in [0.15, 0.2) is 11.5 Å². The number of carboxylic acids is 1. The number of rotatable bonds is 9. The molecule has 0 spiro atoms. The molecule has 1 unspecified atom stereocenters. The summed E-state index contributed by atoms with van der Waals surface area (Å²) in [5.74, 6) is -1.49. The molecule has 8 heteroatoms. The molecule has 3 N–H and O–H groups in total. The Morgan fingerprint density at radius 2 is 1.88 bits per heavy atom. The Hall–Kier alpha value is -2.77. The number of benzene rings is 1. The molecule has 138 valence electrons. The van der Waals surface area contributed by atoms with Crippen LogP contribution in [0, 0.1) is 0 Å². The minimum absolute atomic E-state index is 0.157. The Kier molecular flexibility index (Phi) is 7.71. The van der Waals surface area contributed by atoms with Gasteiger partial charge in [-0.3, -0.25) is 9.59 Å². The van der Waals surface area contributed by atoms with Crippen LogP contribution in [0.25, 0.3) is 0 Å². The summed E-state index contributed by atoms with van der Waals surface area (Å²) in [5.41, 5.74) is 0.420. The second-order valence-corrected chi connectivity index (χ2v) is 5.45. The van der Waals surface area contributed by atoms with Crippen LogP contribution in [-0.4, -0.2) is 43.2 Å². The largest absolute Gasteiger partial charge is 0.493 e. The van der Waals surface area contributed by atoms with Crippen LogP contribution in [0.1, 0.15) is 43.5 Å². The topological polar surface area (TPSA) is 114 Å². The molecule has 0 heterocycles. The molecule has 0 aliphatic rings. The summed E-state index contributed by atoms with van der Waals surface area (Å²) in [6.45, 7) is 3.26. The van der Waals surface area contributed by atoms with Crippen molar-refractivity contribution < 1.29 is 29.0 Å². The third-order valence-corrected chi connectivity index (χ3v) is 3.50. The van der Waals surface area contributed by atoms with E-state index in [0.717, 1.165) is 6.42 Å². The first-order valence-electron chi connectivity index (χ1n) is 7.91. The minimum Gasteiger partial charge on any atom is -0.493 e. The van der Waals surface area contributed by atoms with E-state index in [0.29, 0.717) is 12.8 Å². The Balaban J connectivity index is 3.15. The van der Waals surface area contributed by atoms with Crippen molar-refractivity contribution in [3.8, 4) is 11.5 Å². The molecular formula is C17H24N2O6. The van der Waals surface area contributed by atoms with E-state index in [1.807, 2.05) is 6.92 Å². The monoisotopic (exact) mass is 352 g/mol. The number of ether oxygens (including phenoxy) is 2. The zero-order valence-corrected chi connectivity index (χ0v) is 14.8. The predicted octanol–water partition coefficient (Wildman–Crippen LogP) is 2.04. The lowest BCUT2D eigenvalue weighted by Gasteiger charge is -2.17. The van der Waals surface area contributed by atoms with E-state index >= 15 is 0 Å². The molecule has 0 aliphatic carbocycles. The quantitative estimate of drug-likeness (QED) is 0.627. The van der Waals surface area contributed by atoms with Gasteiger partial charge >= 0.3 is 5.97 Å². The first-order chi connectivity index (χ1) is 11.8. The number of methoxy groups -OCH3 is 2. The average Bonchev–Trinajstić information content (AvgIpc) is 2.56. The second kappa shape index (κ2) is 9.51. The van der Waals surface area contributed by atoms with E-state index in [9.17, 15) is 19.5 Å². The average molecular weight is 352 g/mol. The lowest BCUT2D eigenvalue weighted by Crippen LogP contribution is -2.40. The molecule has 1 atom stereocenters. The molecular weight excluding hydrogens is 328 g/mol. The highest BCUT2D eigenvalue weighted by molar-refractivity contribution is 6.00. The maximum Gasteiger partial charge on any atom is 0.326 e. The zero-order valence-electron chi connectivity index (χ0n) is 14.8. The van der Waals surface area contributed by atoms with Gasteiger partial charge in [-0.15, -0.1) is 0 Å². The highest BCUT2D eigenvalue weighted by Gasteiger charge is 2.22. The molecule has 0 bridgehead atoms. The van der Waals surface area contributed by atoms with Crippen molar-refractivity contribution in [1.82, 2.24) is 5.32 Å². The van der Waals surface area contributed by atoms with Gasteiger partial charge in [-0.2, -0.15) is 0 Å². The maximum absolute atomic E-state index is 12.4. The summed E-state index contributed by atoms with van der Waals surface area (Å²) in [4.78, 5) is 35.1. The van der Waals surface area contributed by atoms with Crippen molar-refractivity contribution in [3.05, 3.63) is 17.7 Å². The predicted molar refractivity (Wildman–Crippen MR) is 92.3 cm³/mol. The van der Waals surface area contributed by atoms with E-state index in [1.54, 1.807) is 0 Å². The first kappa shape index (κ1) is 20.3. The smallest absolute Gasteiger partial charge is 0.326 e. The fourth-order valence-corrected chi connectivity index (χ4v) is 2.29. The summed E-state index contributed by atoms with van der Waals surface area (Å²) < 4.78 is 10.4. The van der Waals surface area contributed by atoms with Crippen LogP contribution in [0.15, 0.2) is 12.1 Å². The summed E-state index contributed by atoms with van der Waals surface area (Å²) >= 11 is 0. The van der Waals surface area contributed by atoms with E-state index in [4.69, 9.17) is 9.47 Å². The Bertz CT molecular complexity index is 644. The number of unbranched alkanes of at least 4 members (excludes halogenated alkanes) is 1. The van der Waals surface area contributed by atoms with Crippen molar-refractivity contribution >= 4 is 23.5 Å². The fraction of sp³-hybridized carbons (Fsp3) is 0.471. The van der Waals surface area contributed by atoms with Crippen molar-refractivity contribution in [1.29, 1.82) is 0 Å². The van der Waals surface area contributed by atoms with Crippen LogP contribution < -0.4 is 20.1 Å². The van der Waals surface area contributed by atoms with Crippen molar-refractivity contribution in [2.45, 2.75) is 39.2 Å². The number of carboxylic acid groups (broad SMARTS) is 1. The molecule has 25 heavy (non-hydrogen) atoms. The molecule has 1 rings (SSSR count). The van der Waals surface area contributed by atoms with Gasteiger partial charge in [0.05, 0.1) is 19.9 Å². The van der Waals surface area contributed by atoms with Gasteiger partial charge in [0.2, 0.25) is 5.91 Å². The van der Waals surface area contributed by atoms with Crippen LogP contribution >= 0.6 is 0 Å². The molecule has 0 fully saturated rings. The van der Waals surface area contributed by atoms with E-state index in [1.165, 1.54) is 33.3 Å². The second-order valence-electron chi connectivity index (χ2n) is 5.45. The summed E-state index contributed by atoms with van der Waals surface area (Å²) in [5, 5.41) is 14.3. The van der Waals surface area contributed by atoms with Gasteiger partial charge in [-0.05, 0) is 18.6 Å². The van der Waals surface area contributed by atoms with E-state index < -0.39 is 17.9 Å². The normalized spacial score (nSPS) is 11.4. The van der Waals surface area contributed by atoms with E-state index in [2.05, 4.69) is 10.6 Å². The lowest BCUT2D eigenvalue weighted by atomic mass is 10.1. The van der Waals surface area contributed by atoms with E-state index in [-0.39, 0.29) is 28.7 Å². The molecule has 2 amide bonds. The van der Waals surface area contributed by atoms with Crippen LogP contribution in [0.2, 0.25) is 0 Å². The fourth-order valence-electron chi connectivity index (χ4n) is 2.29. The number of amides is 2. The van der Waals surface area contributed by atoms with Crippen LogP contribution in [0.4, 0.5) is 5.69 Å². The lowest BCUT2D eigenvalue weighted by molar-refractivity contribution is -0.139. The molecule has 0 radical (unpaired) electrons. The molecule has 1 aromatic rings. The molecule has 0 aliphatic heterocycles. The number of anilines is 1. The third kappa shape index (κ3) is 5.66. The molecule has 8 nitrogen and oxygen atoms in total. The maximum atomic E-state index is 12.4. The third-order valence-electron chi connectivity index (χ3n) is 3.50. The minimum atomic E-state index is -1.09. The van der Waals surface area contributed by atoms with Gasteiger partial charge in [0, 0.05) is 12.5 Å². The number of carbonyl (C=O) groups excluding carboxylic acids is 2. The zero-order chi connectivity index (χ0) is 19.0. The molecule has 0 aromatic heterocycles. The van der Waals surface area contributed by atoms with Crippen LogP contribution in [0.3, 0.4) is 0 Å². The Morgan fingerprint density at radius 1 is 1.20 bits per heavy atom. The number of hydrogen-bond donors (Lipinski definition) is 3. The standard InChI is InChI=1S/C17H24N2O6/c1-5-6-7-12(17(22)23)19-16(21)11-8-13(18-10(2)20)15(25-4)14(9-11)24-3/h8-9,12H,5-7H2,1-4H3,(H,18,20)(H,19,21)(H,22,23). The Labute approximate surface area is 146 Å². The van der Waals surface area contributed by atoms with Crippen LogP contribution in [0.5, 0.6) is 11.5 Å². The van der Waals surface area contributed by atoms with Crippen molar-refractivity contribution in [2.24, 2.45) is 0 Å². The number of hydrogen-bond acceptors (Lipinski definition) is 5. The molecule has 1 aromatic carbocycles.